The van der Waals surface area contributed by atoms with Gasteiger partial charge in [-0.3, -0.25) is 4.98 Å². The van der Waals surface area contributed by atoms with E-state index in [2.05, 4.69) is 4.98 Å². The highest BCUT2D eigenvalue weighted by Crippen LogP contribution is 2.28. The first kappa shape index (κ1) is 11.3. The van der Waals surface area contributed by atoms with Crippen molar-refractivity contribution in [3.63, 3.8) is 0 Å². The Kier molecular flexibility index (Phi) is 3.52. The first-order valence-electron chi connectivity index (χ1n) is 4.23. The van der Waals surface area contributed by atoms with Crippen LogP contribution in [0.5, 0.6) is 0 Å². The van der Waals surface area contributed by atoms with Gasteiger partial charge in [-0.2, -0.15) is 5.26 Å². The second-order valence-corrected chi connectivity index (χ2v) is 2.90. The maximum atomic E-state index is 12.6. The van der Waals surface area contributed by atoms with Gasteiger partial charge >= 0.3 is 0 Å². The Hall–Kier alpha value is -1.74. The van der Waals surface area contributed by atoms with Gasteiger partial charge in [-0.25, -0.2) is 8.78 Å². The third-order valence-electron chi connectivity index (χ3n) is 1.90. The van der Waals surface area contributed by atoms with Crippen LogP contribution in [-0.4, -0.2) is 4.98 Å². The number of hydrogen-bond donors (Lipinski definition) is 2. The Balaban J connectivity index is 3.30. The van der Waals surface area contributed by atoms with E-state index in [0.29, 0.717) is 5.69 Å². The van der Waals surface area contributed by atoms with E-state index >= 15 is 0 Å². The summed E-state index contributed by atoms with van der Waals surface area (Å²) < 4.78 is 25.2. The van der Waals surface area contributed by atoms with E-state index in [1.165, 1.54) is 6.07 Å². The van der Waals surface area contributed by atoms with Gasteiger partial charge in [0.1, 0.15) is 0 Å². The number of nitrogens with two attached hydrogens (primary N) is 2. The second-order valence-electron chi connectivity index (χ2n) is 2.90. The maximum absolute atomic E-state index is 12.6. The molecular weight excluding hydrogens is 202 g/mol. The zero-order valence-electron chi connectivity index (χ0n) is 7.87. The standard InChI is InChI=1S/C9H10F2N4/c10-9(11)8-6(14)3-5(4-13)15-7(8)1-2-12/h3,9H,1,4,13H2,(H2,14,15). The molecule has 0 saturated carbocycles. The molecule has 0 aliphatic heterocycles. The quantitative estimate of drug-likeness (QED) is 0.785. The highest BCUT2D eigenvalue weighted by Gasteiger charge is 2.18. The summed E-state index contributed by atoms with van der Waals surface area (Å²) in [6.45, 7) is 0.103. The van der Waals surface area contributed by atoms with Crippen LogP contribution >= 0.6 is 0 Å². The van der Waals surface area contributed by atoms with Crippen LogP contribution in [0.25, 0.3) is 0 Å². The first-order chi connectivity index (χ1) is 7.10. The lowest BCUT2D eigenvalue weighted by molar-refractivity contribution is 0.150. The van der Waals surface area contributed by atoms with Crippen molar-refractivity contribution < 1.29 is 8.78 Å². The molecule has 1 rings (SSSR count). The van der Waals surface area contributed by atoms with E-state index in [9.17, 15) is 8.78 Å². The van der Waals surface area contributed by atoms with Crippen molar-refractivity contribution in [3.8, 4) is 6.07 Å². The van der Waals surface area contributed by atoms with E-state index in [4.69, 9.17) is 16.7 Å². The summed E-state index contributed by atoms with van der Waals surface area (Å²) in [7, 11) is 0. The van der Waals surface area contributed by atoms with Crippen LogP contribution in [0.15, 0.2) is 6.07 Å². The predicted octanol–water partition coefficient (Wildman–Crippen LogP) is 1.13. The molecule has 0 fully saturated rings. The Labute approximate surface area is 85.5 Å². The summed E-state index contributed by atoms with van der Waals surface area (Å²) >= 11 is 0. The lowest BCUT2D eigenvalue weighted by Crippen LogP contribution is -2.09. The molecule has 0 amide bonds. The third-order valence-corrected chi connectivity index (χ3v) is 1.90. The molecule has 0 radical (unpaired) electrons. The molecule has 4 nitrogen and oxygen atoms in total. The van der Waals surface area contributed by atoms with Gasteiger partial charge in [0.05, 0.1) is 29.4 Å². The largest absolute Gasteiger partial charge is 0.398 e. The van der Waals surface area contributed by atoms with Crippen molar-refractivity contribution in [1.82, 2.24) is 4.98 Å². The monoisotopic (exact) mass is 212 g/mol. The number of nitrogens with zero attached hydrogens (tertiary/aromatic N) is 2. The Bertz CT molecular complexity index is 398. The average molecular weight is 212 g/mol. The van der Waals surface area contributed by atoms with Gasteiger partial charge in [0, 0.05) is 12.2 Å². The van der Waals surface area contributed by atoms with E-state index in [-0.39, 0.29) is 29.9 Å². The summed E-state index contributed by atoms with van der Waals surface area (Å²) in [6.07, 6.45) is -2.93. The van der Waals surface area contributed by atoms with Gasteiger partial charge in [0.15, 0.2) is 0 Å². The zero-order chi connectivity index (χ0) is 11.4. The normalized spacial score (nSPS) is 10.3. The van der Waals surface area contributed by atoms with Gasteiger partial charge in [-0.1, -0.05) is 0 Å². The summed E-state index contributed by atoms with van der Waals surface area (Å²) in [5.41, 5.74) is 10.7. The molecule has 4 N–H and O–H groups in total. The molecule has 15 heavy (non-hydrogen) atoms. The molecule has 0 aliphatic rings. The number of nitrogen functional groups attached to an aromatic ring is 1. The van der Waals surface area contributed by atoms with E-state index in [1.54, 1.807) is 6.07 Å². The fourth-order valence-electron chi connectivity index (χ4n) is 1.26. The molecule has 0 unspecified atom stereocenters. The SMILES string of the molecule is N#CCc1nc(CN)cc(N)c1C(F)F. The fraction of sp³-hybridized carbons (Fsp3) is 0.333. The summed E-state index contributed by atoms with van der Waals surface area (Å²) in [5, 5.41) is 8.47. The minimum absolute atomic E-state index is 0.00736. The van der Waals surface area contributed by atoms with Crippen molar-refractivity contribution in [2.75, 3.05) is 5.73 Å². The highest BCUT2D eigenvalue weighted by molar-refractivity contribution is 5.51. The van der Waals surface area contributed by atoms with Crippen molar-refractivity contribution in [1.29, 1.82) is 5.26 Å². The first-order valence-corrected chi connectivity index (χ1v) is 4.23. The lowest BCUT2D eigenvalue weighted by atomic mass is 10.1. The van der Waals surface area contributed by atoms with E-state index in [0.717, 1.165) is 0 Å². The molecule has 80 valence electrons. The molecule has 0 atom stereocenters. The number of hydrogen-bond acceptors (Lipinski definition) is 4. The minimum atomic E-state index is -2.73. The van der Waals surface area contributed by atoms with Crippen molar-refractivity contribution >= 4 is 5.69 Å². The molecule has 6 heteroatoms. The maximum Gasteiger partial charge on any atom is 0.267 e. The van der Waals surface area contributed by atoms with Gasteiger partial charge < -0.3 is 11.5 Å². The molecule has 0 bridgehead atoms. The molecule has 0 saturated heterocycles. The second kappa shape index (κ2) is 4.66. The van der Waals surface area contributed by atoms with Gasteiger partial charge in [-0.15, -0.1) is 0 Å². The Morgan fingerprint density at radius 2 is 2.20 bits per heavy atom. The van der Waals surface area contributed by atoms with Crippen LogP contribution in [-0.2, 0) is 13.0 Å². The molecule has 1 heterocycles. The number of pyridine rings is 1. The molecular formula is C9H10F2N4. The van der Waals surface area contributed by atoms with Crippen LogP contribution < -0.4 is 11.5 Å². The Morgan fingerprint density at radius 1 is 1.53 bits per heavy atom. The molecule has 0 spiro atoms. The number of nitriles is 1. The molecule has 0 aromatic carbocycles. The third kappa shape index (κ3) is 2.39. The van der Waals surface area contributed by atoms with Crippen LogP contribution in [0.1, 0.15) is 23.4 Å². The molecule has 0 aliphatic carbocycles. The number of anilines is 1. The van der Waals surface area contributed by atoms with Crippen LogP contribution in [0.4, 0.5) is 14.5 Å². The van der Waals surface area contributed by atoms with Crippen LogP contribution in [0, 0.1) is 11.3 Å². The topological polar surface area (TPSA) is 88.7 Å². The molecule has 1 aromatic heterocycles. The summed E-state index contributed by atoms with van der Waals surface area (Å²) in [5.74, 6) is 0. The lowest BCUT2D eigenvalue weighted by Gasteiger charge is -2.10. The zero-order valence-corrected chi connectivity index (χ0v) is 7.87. The number of alkyl halides is 2. The van der Waals surface area contributed by atoms with E-state index in [1.807, 2.05) is 0 Å². The summed E-state index contributed by atoms with van der Waals surface area (Å²) in [4.78, 5) is 3.86. The van der Waals surface area contributed by atoms with Crippen molar-refractivity contribution in [3.05, 3.63) is 23.0 Å². The number of aromatic nitrogens is 1. The van der Waals surface area contributed by atoms with Gasteiger partial charge in [0.2, 0.25) is 0 Å². The number of halogens is 2. The summed E-state index contributed by atoms with van der Waals surface area (Å²) in [6, 6.07) is 3.07. The predicted molar refractivity (Wildman–Crippen MR) is 50.8 cm³/mol. The van der Waals surface area contributed by atoms with Crippen molar-refractivity contribution in [2.45, 2.75) is 19.4 Å². The van der Waals surface area contributed by atoms with Gasteiger partial charge in [0.25, 0.3) is 6.43 Å². The molecule has 1 aromatic rings. The minimum Gasteiger partial charge on any atom is -0.398 e. The van der Waals surface area contributed by atoms with Gasteiger partial charge in [-0.05, 0) is 6.07 Å². The van der Waals surface area contributed by atoms with E-state index < -0.39 is 6.43 Å². The average Bonchev–Trinajstić information content (AvgIpc) is 2.16. The fourth-order valence-corrected chi connectivity index (χ4v) is 1.26. The number of rotatable bonds is 3. The van der Waals surface area contributed by atoms with Crippen LogP contribution in [0.2, 0.25) is 0 Å². The van der Waals surface area contributed by atoms with Crippen LogP contribution in [0.3, 0.4) is 0 Å². The Morgan fingerprint density at radius 3 is 2.67 bits per heavy atom. The van der Waals surface area contributed by atoms with Crippen molar-refractivity contribution in [2.24, 2.45) is 5.73 Å². The highest BCUT2D eigenvalue weighted by atomic mass is 19.3. The smallest absolute Gasteiger partial charge is 0.267 e.